The fraction of sp³-hybridized carbons (Fsp3) is 0.524. The minimum Gasteiger partial charge on any atom is -0.507 e. The number of benzene rings is 1. The number of aliphatic hydroxyl groups is 1. The number of hydrogen-bond donors (Lipinski definition) is 3. The van der Waals surface area contributed by atoms with E-state index in [0.29, 0.717) is 17.9 Å². The Hall–Kier alpha value is -2.39. The summed E-state index contributed by atoms with van der Waals surface area (Å²) >= 11 is 0. The lowest BCUT2D eigenvalue weighted by Gasteiger charge is -2.27. The summed E-state index contributed by atoms with van der Waals surface area (Å²) in [4.78, 5) is 0. The third-order valence-electron chi connectivity index (χ3n) is 5.87. The van der Waals surface area contributed by atoms with Crippen LogP contribution in [0.25, 0.3) is 11.3 Å². The van der Waals surface area contributed by atoms with Crippen molar-refractivity contribution in [2.75, 3.05) is 12.4 Å². The molecule has 3 aliphatic rings. The van der Waals surface area contributed by atoms with Gasteiger partial charge in [0.2, 0.25) is 0 Å². The number of aliphatic hydroxyl groups excluding tert-OH is 1. The monoisotopic (exact) mass is 423 g/mol. The third kappa shape index (κ3) is 3.96. The highest BCUT2D eigenvalue weighted by molar-refractivity contribution is 5.73. The zero-order valence-electron chi connectivity index (χ0n) is 16.5. The number of halogens is 3. The molecular weight excluding hydrogens is 399 g/mol. The number of phenolic OH excluding ortho intramolecular Hbond substituents is 1. The summed E-state index contributed by atoms with van der Waals surface area (Å²) < 4.78 is 44.4. The number of nitrogens with one attached hydrogen (secondary N) is 1. The van der Waals surface area contributed by atoms with Crippen molar-refractivity contribution in [2.24, 2.45) is 0 Å². The van der Waals surface area contributed by atoms with E-state index < -0.39 is 17.5 Å². The average molecular weight is 423 g/mol. The Morgan fingerprint density at radius 3 is 2.43 bits per heavy atom. The van der Waals surface area contributed by atoms with Gasteiger partial charge in [-0.05, 0) is 55.9 Å². The van der Waals surface area contributed by atoms with Crippen molar-refractivity contribution >= 4 is 5.82 Å². The molecule has 1 saturated carbocycles. The van der Waals surface area contributed by atoms with Crippen molar-refractivity contribution < 1.29 is 28.1 Å². The molecule has 5 rings (SSSR count). The van der Waals surface area contributed by atoms with Gasteiger partial charge < -0.3 is 20.3 Å². The molecule has 3 N–H and O–H groups in total. The molecule has 9 heteroatoms. The molecule has 1 aliphatic carbocycles. The fourth-order valence-corrected chi connectivity index (χ4v) is 4.03. The van der Waals surface area contributed by atoms with Crippen LogP contribution in [0.15, 0.2) is 18.2 Å². The second-order valence-electron chi connectivity index (χ2n) is 7.88. The Balaban J connectivity index is 0.000000383. The number of aromatic hydroxyl groups is 1. The molecule has 1 aromatic carbocycles. The summed E-state index contributed by atoms with van der Waals surface area (Å²) in [7, 11) is 1.74. The molecule has 3 heterocycles. The van der Waals surface area contributed by atoms with Gasteiger partial charge in [-0.1, -0.05) is 0 Å². The van der Waals surface area contributed by atoms with Crippen molar-refractivity contribution in [3.63, 3.8) is 0 Å². The lowest BCUT2D eigenvalue weighted by Crippen LogP contribution is -2.21. The van der Waals surface area contributed by atoms with E-state index in [4.69, 9.17) is 9.84 Å². The topological polar surface area (TPSA) is 87.5 Å². The number of anilines is 1. The highest BCUT2D eigenvalue weighted by atomic mass is 19.4. The molecule has 2 atom stereocenters. The first-order valence-electron chi connectivity index (χ1n) is 10.1. The van der Waals surface area contributed by atoms with Crippen molar-refractivity contribution in [1.29, 1.82) is 0 Å². The molecule has 0 spiro atoms. The van der Waals surface area contributed by atoms with Crippen LogP contribution in [-0.2, 0) is 17.3 Å². The van der Waals surface area contributed by atoms with Crippen LogP contribution in [0.3, 0.4) is 0 Å². The standard InChI is InChI=1S/C17H16F3N3O2.C4H8O/c1-21-16-14-11(7-9-3-5-13(14)25-9)15(22-23-16)10-4-2-8(6-12(10)24)17(18,19)20;5-4-2-1-3-4/h2,4,6,9,13,24H,3,5,7H2,1H3,(H,21,23);4-5H,1-3H2. The summed E-state index contributed by atoms with van der Waals surface area (Å²) in [5.74, 6) is 0.151. The Morgan fingerprint density at radius 2 is 1.87 bits per heavy atom. The first-order valence-corrected chi connectivity index (χ1v) is 10.1. The molecule has 162 valence electrons. The summed E-state index contributed by atoms with van der Waals surface area (Å²) in [6, 6.07) is 2.92. The molecule has 2 unspecified atom stereocenters. The quantitative estimate of drug-likeness (QED) is 0.671. The van der Waals surface area contributed by atoms with Crippen LogP contribution in [-0.4, -0.2) is 39.7 Å². The fourth-order valence-electron chi connectivity index (χ4n) is 4.03. The van der Waals surface area contributed by atoms with Crippen LogP contribution in [0.4, 0.5) is 19.0 Å². The number of fused-ring (bicyclic) bond motifs is 4. The second kappa shape index (κ2) is 8.03. The van der Waals surface area contributed by atoms with Gasteiger partial charge in [0.1, 0.15) is 11.4 Å². The molecule has 2 fully saturated rings. The van der Waals surface area contributed by atoms with Crippen molar-refractivity contribution in [3.8, 4) is 17.0 Å². The van der Waals surface area contributed by atoms with Gasteiger partial charge >= 0.3 is 6.18 Å². The van der Waals surface area contributed by atoms with Gasteiger partial charge in [0, 0.05) is 24.6 Å². The number of alkyl halides is 3. The maximum atomic E-state index is 12.8. The van der Waals surface area contributed by atoms with Crippen molar-refractivity contribution in [2.45, 2.75) is 63.0 Å². The number of ether oxygens (including phenoxy) is 1. The third-order valence-corrected chi connectivity index (χ3v) is 5.87. The molecule has 2 aromatic rings. The molecule has 30 heavy (non-hydrogen) atoms. The largest absolute Gasteiger partial charge is 0.507 e. The van der Waals surface area contributed by atoms with Gasteiger partial charge in [0.05, 0.1) is 23.9 Å². The zero-order valence-corrected chi connectivity index (χ0v) is 16.5. The van der Waals surface area contributed by atoms with E-state index in [1.807, 2.05) is 0 Å². The van der Waals surface area contributed by atoms with E-state index in [1.165, 1.54) is 12.5 Å². The smallest absolute Gasteiger partial charge is 0.416 e. The number of phenols is 1. The second-order valence-corrected chi connectivity index (χ2v) is 7.88. The van der Waals surface area contributed by atoms with Crippen LogP contribution >= 0.6 is 0 Å². The van der Waals surface area contributed by atoms with Gasteiger partial charge in [0.25, 0.3) is 0 Å². The summed E-state index contributed by atoms with van der Waals surface area (Å²) in [6.07, 6.45) is 1.24. The first-order chi connectivity index (χ1) is 14.3. The minimum atomic E-state index is -4.51. The van der Waals surface area contributed by atoms with Crippen LogP contribution in [0.5, 0.6) is 5.75 Å². The lowest BCUT2D eigenvalue weighted by atomic mass is 9.93. The average Bonchev–Trinajstić information content (AvgIpc) is 3.07. The van der Waals surface area contributed by atoms with Gasteiger partial charge in [0.15, 0.2) is 5.82 Å². The van der Waals surface area contributed by atoms with E-state index in [1.54, 1.807) is 7.05 Å². The zero-order chi connectivity index (χ0) is 21.5. The maximum absolute atomic E-state index is 12.8. The molecule has 0 amide bonds. The van der Waals surface area contributed by atoms with E-state index in [9.17, 15) is 18.3 Å². The van der Waals surface area contributed by atoms with E-state index in [2.05, 4.69) is 15.5 Å². The van der Waals surface area contributed by atoms with Gasteiger partial charge in [-0.15, -0.1) is 10.2 Å². The molecule has 0 radical (unpaired) electrons. The first kappa shape index (κ1) is 20.9. The Labute approximate surface area is 172 Å². The summed E-state index contributed by atoms with van der Waals surface area (Å²) in [5, 5.41) is 29.9. The maximum Gasteiger partial charge on any atom is 0.416 e. The SMILES string of the molecule is CNc1nnc(-c2ccc(C(F)(F)F)cc2O)c2c1C1CCC(C2)O1.OC1CCC1. The van der Waals surface area contributed by atoms with Crippen LogP contribution in [0.2, 0.25) is 0 Å². The highest BCUT2D eigenvalue weighted by Gasteiger charge is 2.38. The van der Waals surface area contributed by atoms with Crippen molar-refractivity contribution in [3.05, 3.63) is 34.9 Å². The van der Waals surface area contributed by atoms with E-state index in [0.717, 1.165) is 48.9 Å². The van der Waals surface area contributed by atoms with E-state index >= 15 is 0 Å². The molecule has 2 aliphatic heterocycles. The Bertz CT molecular complexity index is 932. The predicted octanol–water partition coefficient (Wildman–Crippen LogP) is 4.22. The molecule has 1 aromatic heterocycles. The van der Waals surface area contributed by atoms with Crippen LogP contribution < -0.4 is 5.32 Å². The number of hydrogen-bond acceptors (Lipinski definition) is 6. The minimum absolute atomic E-state index is 0.0648. The molecule has 2 bridgehead atoms. The van der Waals surface area contributed by atoms with Crippen LogP contribution in [0.1, 0.15) is 54.9 Å². The Morgan fingerprint density at radius 1 is 1.13 bits per heavy atom. The number of rotatable bonds is 2. The van der Waals surface area contributed by atoms with Crippen LogP contribution in [0, 0.1) is 0 Å². The number of nitrogens with zero attached hydrogens (tertiary/aromatic N) is 2. The summed E-state index contributed by atoms with van der Waals surface area (Å²) in [5.41, 5.74) is 1.54. The number of aromatic nitrogens is 2. The normalized spacial score (nSPS) is 22.6. The van der Waals surface area contributed by atoms with Crippen molar-refractivity contribution in [1.82, 2.24) is 10.2 Å². The van der Waals surface area contributed by atoms with Gasteiger partial charge in [-0.25, -0.2) is 0 Å². The predicted molar refractivity (Wildman–Crippen MR) is 104 cm³/mol. The molecule has 6 nitrogen and oxygen atoms in total. The summed E-state index contributed by atoms with van der Waals surface area (Å²) in [6.45, 7) is 0. The lowest BCUT2D eigenvalue weighted by molar-refractivity contribution is -0.137. The van der Waals surface area contributed by atoms with Gasteiger partial charge in [-0.2, -0.15) is 13.2 Å². The molecular formula is C21H24F3N3O3. The Kier molecular flexibility index (Phi) is 5.59. The van der Waals surface area contributed by atoms with E-state index in [-0.39, 0.29) is 23.9 Å². The molecule has 1 saturated heterocycles. The van der Waals surface area contributed by atoms with Gasteiger partial charge in [-0.3, -0.25) is 0 Å². The highest BCUT2D eigenvalue weighted by Crippen LogP contribution is 2.47.